The first-order valence-corrected chi connectivity index (χ1v) is 3.29. The monoisotopic (exact) mass is 148 g/mol. The van der Waals surface area contributed by atoms with E-state index >= 15 is 0 Å². The molecule has 0 saturated carbocycles. The molecule has 0 aliphatic carbocycles. The van der Waals surface area contributed by atoms with Gasteiger partial charge in [-0.25, -0.2) is 0 Å². The third kappa shape index (κ3) is 1.15. The Labute approximate surface area is 59.1 Å². The molecule has 1 aliphatic rings. The molecule has 3 N–H and O–H groups in total. The Kier molecular flexibility index (Phi) is 2.25. The van der Waals surface area contributed by atoms with Gasteiger partial charge in [-0.15, -0.1) is 0 Å². The maximum Gasteiger partial charge on any atom is 0.111 e. The molecular weight excluding hydrogens is 136 g/mol. The van der Waals surface area contributed by atoms with Gasteiger partial charge >= 0.3 is 0 Å². The third-order valence-corrected chi connectivity index (χ3v) is 1.78. The van der Waals surface area contributed by atoms with Crippen molar-refractivity contribution in [1.82, 2.24) is 0 Å². The van der Waals surface area contributed by atoms with Gasteiger partial charge in [-0.3, -0.25) is 0 Å². The summed E-state index contributed by atoms with van der Waals surface area (Å²) in [4.78, 5) is 0. The Hall–Kier alpha value is -0.160. The molecule has 4 atom stereocenters. The van der Waals surface area contributed by atoms with E-state index in [9.17, 15) is 0 Å². The molecule has 1 heterocycles. The Morgan fingerprint density at radius 3 is 2.10 bits per heavy atom. The lowest BCUT2D eigenvalue weighted by Gasteiger charge is -2.10. The van der Waals surface area contributed by atoms with Crippen molar-refractivity contribution in [2.24, 2.45) is 0 Å². The molecule has 1 fully saturated rings. The topological polar surface area (TPSA) is 69.9 Å². The van der Waals surface area contributed by atoms with E-state index in [1.54, 1.807) is 6.92 Å². The zero-order chi connectivity index (χ0) is 7.72. The molecule has 0 aromatic heterocycles. The molecule has 0 aromatic carbocycles. The molecule has 0 bridgehead atoms. The quantitative estimate of drug-likeness (QED) is 0.422. The van der Waals surface area contributed by atoms with E-state index < -0.39 is 18.3 Å². The summed E-state index contributed by atoms with van der Waals surface area (Å²) in [5.41, 5.74) is 0. The molecule has 0 aromatic rings. The lowest BCUT2D eigenvalue weighted by Crippen LogP contribution is -2.33. The molecular formula is C6H12O4. The van der Waals surface area contributed by atoms with Crippen LogP contribution in [-0.4, -0.2) is 46.3 Å². The Bertz CT molecular complexity index is 116. The van der Waals surface area contributed by atoms with Gasteiger partial charge in [0.1, 0.15) is 18.3 Å². The predicted octanol–water partition coefficient (Wildman–Crippen LogP) is -1.51. The molecule has 1 rings (SSSR count). The number of hydrogen-bond donors (Lipinski definition) is 3. The molecule has 10 heavy (non-hydrogen) atoms. The number of aliphatic hydroxyl groups excluding tert-OH is 3. The van der Waals surface area contributed by atoms with Crippen molar-refractivity contribution in [2.75, 3.05) is 6.61 Å². The van der Waals surface area contributed by atoms with E-state index in [0.29, 0.717) is 0 Å². The average Bonchev–Trinajstić information content (AvgIpc) is 2.17. The van der Waals surface area contributed by atoms with Crippen molar-refractivity contribution in [3.63, 3.8) is 0 Å². The predicted molar refractivity (Wildman–Crippen MR) is 33.4 cm³/mol. The highest BCUT2D eigenvalue weighted by atomic mass is 16.5. The van der Waals surface area contributed by atoms with Crippen LogP contribution in [0.25, 0.3) is 0 Å². The summed E-state index contributed by atoms with van der Waals surface area (Å²) in [6, 6.07) is 0. The second-order valence-electron chi connectivity index (χ2n) is 2.54. The van der Waals surface area contributed by atoms with Crippen LogP contribution in [0.2, 0.25) is 0 Å². The van der Waals surface area contributed by atoms with E-state index in [1.165, 1.54) is 0 Å². The van der Waals surface area contributed by atoms with Crippen LogP contribution in [0.1, 0.15) is 6.92 Å². The summed E-state index contributed by atoms with van der Waals surface area (Å²) in [5.74, 6) is 0. The van der Waals surface area contributed by atoms with Crippen LogP contribution in [0, 0.1) is 0 Å². The van der Waals surface area contributed by atoms with Gasteiger partial charge in [0.25, 0.3) is 0 Å². The van der Waals surface area contributed by atoms with Crippen LogP contribution in [0.5, 0.6) is 0 Å². The summed E-state index contributed by atoms with van der Waals surface area (Å²) in [6.07, 6.45) is -2.81. The molecule has 0 radical (unpaired) electrons. The van der Waals surface area contributed by atoms with Gasteiger partial charge in [0.2, 0.25) is 0 Å². The van der Waals surface area contributed by atoms with Crippen molar-refractivity contribution >= 4 is 0 Å². The average molecular weight is 148 g/mol. The van der Waals surface area contributed by atoms with Gasteiger partial charge in [-0.05, 0) is 6.92 Å². The van der Waals surface area contributed by atoms with Gasteiger partial charge in [0.05, 0.1) is 12.7 Å². The van der Waals surface area contributed by atoms with Crippen molar-refractivity contribution < 1.29 is 20.1 Å². The van der Waals surface area contributed by atoms with Gasteiger partial charge in [0.15, 0.2) is 0 Å². The molecule has 1 saturated heterocycles. The highest BCUT2D eigenvalue weighted by molar-refractivity contribution is 4.87. The van der Waals surface area contributed by atoms with Crippen molar-refractivity contribution in [3.8, 4) is 0 Å². The lowest BCUT2D eigenvalue weighted by atomic mass is 10.1. The summed E-state index contributed by atoms with van der Waals surface area (Å²) in [6.45, 7) is 1.41. The maximum absolute atomic E-state index is 9.09. The number of ether oxygens (including phenoxy) is 1. The van der Waals surface area contributed by atoms with Gasteiger partial charge in [0, 0.05) is 0 Å². The number of aliphatic hydroxyl groups is 3. The van der Waals surface area contributed by atoms with Gasteiger partial charge in [-0.1, -0.05) is 0 Å². The lowest BCUT2D eigenvalue weighted by molar-refractivity contribution is -0.0171. The summed E-state index contributed by atoms with van der Waals surface area (Å²) in [7, 11) is 0. The fourth-order valence-corrected chi connectivity index (χ4v) is 1.09. The highest BCUT2D eigenvalue weighted by Crippen LogP contribution is 2.19. The minimum absolute atomic E-state index is 0.247. The fourth-order valence-electron chi connectivity index (χ4n) is 1.09. The van der Waals surface area contributed by atoms with Crippen molar-refractivity contribution in [1.29, 1.82) is 0 Å². The van der Waals surface area contributed by atoms with Crippen LogP contribution in [0.3, 0.4) is 0 Å². The van der Waals surface area contributed by atoms with Crippen LogP contribution in [0.15, 0.2) is 0 Å². The minimum Gasteiger partial charge on any atom is -0.394 e. The van der Waals surface area contributed by atoms with E-state index in [1.807, 2.05) is 0 Å². The first kappa shape index (κ1) is 7.94. The van der Waals surface area contributed by atoms with Crippen LogP contribution < -0.4 is 0 Å². The molecule has 0 spiro atoms. The highest BCUT2D eigenvalue weighted by Gasteiger charge is 2.39. The van der Waals surface area contributed by atoms with Gasteiger partial charge in [-0.2, -0.15) is 0 Å². The molecule has 2 unspecified atom stereocenters. The zero-order valence-electron chi connectivity index (χ0n) is 5.77. The first-order valence-electron chi connectivity index (χ1n) is 3.29. The third-order valence-electron chi connectivity index (χ3n) is 1.78. The summed E-state index contributed by atoms with van der Waals surface area (Å²) in [5, 5.41) is 26.8. The van der Waals surface area contributed by atoms with Crippen LogP contribution in [-0.2, 0) is 4.74 Å². The van der Waals surface area contributed by atoms with Crippen LogP contribution in [0.4, 0.5) is 0 Å². The minimum atomic E-state index is -0.944. The van der Waals surface area contributed by atoms with E-state index in [0.717, 1.165) is 0 Å². The number of rotatable bonds is 1. The standard InChI is InChI=1S/C6H12O4/c1-3-5(8)6(9)4(2-7)10-3/h3-9H,2H2,1H3/t3-,4-,5?,6?/m1/s1. The second kappa shape index (κ2) is 2.84. The van der Waals surface area contributed by atoms with Gasteiger partial charge < -0.3 is 20.1 Å². The van der Waals surface area contributed by atoms with E-state index in [2.05, 4.69) is 0 Å². The molecule has 1 aliphatic heterocycles. The zero-order valence-corrected chi connectivity index (χ0v) is 5.77. The molecule has 60 valence electrons. The van der Waals surface area contributed by atoms with Crippen LogP contribution >= 0.6 is 0 Å². The van der Waals surface area contributed by atoms with Crippen molar-refractivity contribution in [3.05, 3.63) is 0 Å². The Morgan fingerprint density at radius 1 is 1.30 bits per heavy atom. The van der Waals surface area contributed by atoms with Crippen molar-refractivity contribution in [2.45, 2.75) is 31.3 Å². The number of hydrogen-bond acceptors (Lipinski definition) is 4. The maximum atomic E-state index is 9.09. The summed E-state index contributed by atoms with van der Waals surface area (Å²) >= 11 is 0. The first-order chi connectivity index (χ1) is 4.66. The van der Waals surface area contributed by atoms with E-state index in [4.69, 9.17) is 20.1 Å². The van der Waals surface area contributed by atoms with E-state index in [-0.39, 0.29) is 12.7 Å². The SMILES string of the molecule is C[C@H]1O[C@H](CO)C(O)C1O. The summed E-state index contributed by atoms with van der Waals surface area (Å²) < 4.78 is 4.98. The Balaban J connectivity index is 2.53. The normalized spacial score (nSPS) is 48.0. The largest absolute Gasteiger partial charge is 0.394 e. The molecule has 0 amide bonds. The fraction of sp³-hybridized carbons (Fsp3) is 1.00. The molecule has 4 nitrogen and oxygen atoms in total. The molecule has 4 heteroatoms. The Morgan fingerprint density at radius 2 is 1.90 bits per heavy atom. The smallest absolute Gasteiger partial charge is 0.111 e. The second-order valence-corrected chi connectivity index (χ2v) is 2.54.